The summed E-state index contributed by atoms with van der Waals surface area (Å²) >= 11 is 0. The van der Waals surface area contributed by atoms with E-state index in [2.05, 4.69) is 10.6 Å². The van der Waals surface area contributed by atoms with Crippen LogP contribution in [-0.2, 0) is 17.8 Å². The van der Waals surface area contributed by atoms with Gasteiger partial charge in [0.25, 0.3) is 0 Å². The molecule has 0 spiro atoms. The molecule has 108 valence electrons. The van der Waals surface area contributed by atoms with Gasteiger partial charge in [-0.2, -0.15) is 0 Å². The second kappa shape index (κ2) is 5.48. The fraction of sp³-hybridized carbons (Fsp3) is 0.235. The summed E-state index contributed by atoms with van der Waals surface area (Å²) < 4.78 is 7.74. The molecule has 0 saturated carbocycles. The van der Waals surface area contributed by atoms with Crippen LogP contribution in [0.15, 0.2) is 47.0 Å². The zero-order chi connectivity index (χ0) is 14.8. The summed E-state index contributed by atoms with van der Waals surface area (Å²) in [6, 6.07) is 12.0. The number of hydrogen-bond donors (Lipinski definition) is 1. The molecule has 0 amide bonds. The average molecular weight is 283 g/mol. The van der Waals surface area contributed by atoms with Gasteiger partial charge in [0.15, 0.2) is 0 Å². The van der Waals surface area contributed by atoms with Crippen molar-refractivity contribution >= 4 is 16.9 Å². The maximum atomic E-state index is 10.8. The number of carbonyl (C=O) groups is 1. The summed E-state index contributed by atoms with van der Waals surface area (Å²) in [4.78, 5) is 10.8. The summed E-state index contributed by atoms with van der Waals surface area (Å²) in [5, 5.41) is 9.98. The highest BCUT2D eigenvalue weighted by molar-refractivity contribution is 5.84. The normalized spacial score (nSPS) is 11.1. The Morgan fingerprint density at radius 3 is 2.76 bits per heavy atom. The average Bonchev–Trinajstić information content (AvgIpc) is 3.02. The lowest BCUT2D eigenvalue weighted by Gasteiger charge is -2.02. The fourth-order valence-electron chi connectivity index (χ4n) is 2.63. The van der Waals surface area contributed by atoms with Crippen molar-refractivity contribution in [3.05, 3.63) is 59.7 Å². The van der Waals surface area contributed by atoms with Crippen molar-refractivity contribution in [2.75, 3.05) is 0 Å². The van der Waals surface area contributed by atoms with Crippen LogP contribution in [0.4, 0.5) is 0 Å². The Balaban J connectivity index is 1.96. The molecule has 0 unspecified atom stereocenters. The molecule has 0 fully saturated rings. The van der Waals surface area contributed by atoms with E-state index in [0.29, 0.717) is 13.0 Å². The minimum Gasteiger partial charge on any atom is -0.481 e. The van der Waals surface area contributed by atoms with Crippen molar-refractivity contribution in [1.82, 2.24) is 4.57 Å². The van der Waals surface area contributed by atoms with Crippen LogP contribution >= 0.6 is 0 Å². The molecule has 0 bridgehead atoms. The molecule has 0 saturated heterocycles. The molecule has 4 heteroatoms. The van der Waals surface area contributed by atoms with Crippen molar-refractivity contribution < 1.29 is 14.3 Å². The first kappa shape index (κ1) is 13.5. The molecule has 3 rings (SSSR count). The van der Waals surface area contributed by atoms with Gasteiger partial charge in [-0.1, -0.05) is 18.2 Å². The molecule has 0 radical (unpaired) electrons. The summed E-state index contributed by atoms with van der Waals surface area (Å²) in [6.07, 6.45) is 2.72. The lowest BCUT2D eigenvalue weighted by Crippen LogP contribution is -1.98. The van der Waals surface area contributed by atoms with Gasteiger partial charge in [0.05, 0.1) is 6.54 Å². The zero-order valence-electron chi connectivity index (χ0n) is 11.9. The van der Waals surface area contributed by atoms with E-state index in [0.717, 1.165) is 28.0 Å². The molecular formula is C17H17NO3. The molecule has 0 aliphatic heterocycles. The van der Waals surface area contributed by atoms with Crippen LogP contribution in [0.25, 0.3) is 10.9 Å². The fourth-order valence-corrected chi connectivity index (χ4v) is 2.63. The van der Waals surface area contributed by atoms with Gasteiger partial charge in [-0.25, -0.2) is 0 Å². The predicted octanol–water partition coefficient (Wildman–Crippen LogP) is 3.61. The lowest BCUT2D eigenvalue weighted by molar-refractivity contribution is -0.136. The minimum absolute atomic E-state index is 0.147. The number of aryl methyl sites for hydroxylation is 2. The standard InChI is InChI=1S/C17H17NO3/c1-12-6-8-14(21-12)11-18-10-13(7-9-17(19)20)15-4-2-3-5-16(15)18/h2-6,8,10H,7,9,11H2,1H3,(H,19,20). The van der Waals surface area contributed by atoms with E-state index in [9.17, 15) is 4.79 Å². The van der Waals surface area contributed by atoms with E-state index in [1.807, 2.05) is 43.5 Å². The van der Waals surface area contributed by atoms with Crippen LogP contribution in [0.3, 0.4) is 0 Å². The Kier molecular flexibility index (Phi) is 3.52. The van der Waals surface area contributed by atoms with Gasteiger partial charge in [-0.15, -0.1) is 0 Å². The third kappa shape index (κ3) is 2.84. The van der Waals surface area contributed by atoms with Crippen LogP contribution in [0.1, 0.15) is 23.5 Å². The Hall–Kier alpha value is -2.49. The first-order chi connectivity index (χ1) is 10.1. The third-order valence-corrected chi connectivity index (χ3v) is 3.60. The van der Waals surface area contributed by atoms with Crippen molar-refractivity contribution in [3.63, 3.8) is 0 Å². The monoisotopic (exact) mass is 283 g/mol. The number of carboxylic acid groups (broad SMARTS) is 1. The molecular weight excluding hydrogens is 266 g/mol. The largest absolute Gasteiger partial charge is 0.481 e. The van der Waals surface area contributed by atoms with E-state index in [1.54, 1.807) is 0 Å². The first-order valence-corrected chi connectivity index (χ1v) is 6.97. The summed E-state index contributed by atoms with van der Waals surface area (Å²) in [7, 11) is 0. The van der Waals surface area contributed by atoms with Crippen molar-refractivity contribution in [2.24, 2.45) is 0 Å². The van der Waals surface area contributed by atoms with E-state index in [-0.39, 0.29) is 6.42 Å². The van der Waals surface area contributed by atoms with Gasteiger partial charge in [0.2, 0.25) is 0 Å². The molecule has 2 aromatic heterocycles. The maximum Gasteiger partial charge on any atom is 0.303 e. The predicted molar refractivity (Wildman–Crippen MR) is 80.4 cm³/mol. The Labute approximate surface area is 122 Å². The molecule has 3 aromatic rings. The van der Waals surface area contributed by atoms with Crippen LogP contribution < -0.4 is 0 Å². The highest BCUT2D eigenvalue weighted by Crippen LogP contribution is 2.24. The second-order valence-electron chi connectivity index (χ2n) is 5.21. The molecule has 2 heterocycles. The number of fused-ring (bicyclic) bond motifs is 1. The van der Waals surface area contributed by atoms with Crippen molar-refractivity contribution in [2.45, 2.75) is 26.3 Å². The number of aliphatic carboxylic acids is 1. The molecule has 0 atom stereocenters. The van der Waals surface area contributed by atoms with E-state index < -0.39 is 5.97 Å². The molecule has 0 aliphatic carbocycles. The van der Waals surface area contributed by atoms with Gasteiger partial charge in [0.1, 0.15) is 11.5 Å². The summed E-state index contributed by atoms with van der Waals surface area (Å²) in [5.41, 5.74) is 2.17. The highest BCUT2D eigenvalue weighted by atomic mass is 16.4. The van der Waals surface area contributed by atoms with Crippen LogP contribution in [0.2, 0.25) is 0 Å². The Morgan fingerprint density at radius 2 is 2.05 bits per heavy atom. The van der Waals surface area contributed by atoms with Gasteiger partial charge >= 0.3 is 5.97 Å². The summed E-state index contributed by atoms with van der Waals surface area (Å²) in [6.45, 7) is 2.58. The molecule has 21 heavy (non-hydrogen) atoms. The number of para-hydroxylation sites is 1. The van der Waals surface area contributed by atoms with Gasteiger partial charge in [-0.05, 0) is 37.1 Å². The molecule has 0 aliphatic rings. The van der Waals surface area contributed by atoms with Gasteiger partial charge < -0.3 is 14.1 Å². The van der Waals surface area contributed by atoms with Crippen LogP contribution in [-0.4, -0.2) is 15.6 Å². The highest BCUT2D eigenvalue weighted by Gasteiger charge is 2.10. The van der Waals surface area contributed by atoms with Crippen LogP contribution in [0.5, 0.6) is 0 Å². The van der Waals surface area contributed by atoms with Crippen molar-refractivity contribution in [1.29, 1.82) is 0 Å². The number of furan rings is 1. The Bertz CT molecular complexity index is 782. The second-order valence-corrected chi connectivity index (χ2v) is 5.21. The molecule has 4 nitrogen and oxygen atoms in total. The number of nitrogens with zero attached hydrogens (tertiary/aromatic N) is 1. The SMILES string of the molecule is Cc1ccc(Cn2cc(CCC(=O)O)c3ccccc32)o1. The third-order valence-electron chi connectivity index (χ3n) is 3.60. The number of aromatic nitrogens is 1. The first-order valence-electron chi connectivity index (χ1n) is 6.97. The maximum absolute atomic E-state index is 10.8. The molecule has 1 N–H and O–H groups in total. The summed E-state index contributed by atoms with van der Waals surface area (Å²) in [5.74, 6) is 1.03. The quantitative estimate of drug-likeness (QED) is 0.778. The van der Waals surface area contributed by atoms with Crippen molar-refractivity contribution in [3.8, 4) is 0 Å². The lowest BCUT2D eigenvalue weighted by atomic mass is 10.1. The smallest absolute Gasteiger partial charge is 0.303 e. The molecule has 1 aromatic carbocycles. The topological polar surface area (TPSA) is 55.4 Å². The number of hydrogen-bond acceptors (Lipinski definition) is 2. The minimum atomic E-state index is -0.770. The van der Waals surface area contributed by atoms with E-state index in [1.165, 1.54) is 0 Å². The number of rotatable bonds is 5. The number of benzene rings is 1. The number of carboxylic acids is 1. The van der Waals surface area contributed by atoms with E-state index in [4.69, 9.17) is 9.52 Å². The van der Waals surface area contributed by atoms with E-state index >= 15 is 0 Å². The van der Waals surface area contributed by atoms with Gasteiger partial charge in [0, 0.05) is 23.5 Å². The van der Waals surface area contributed by atoms with Gasteiger partial charge in [-0.3, -0.25) is 4.79 Å². The van der Waals surface area contributed by atoms with Crippen LogP contribution in [0, 0.1) is 6.92 Å². The Morgan fingerprint density at radius 1 is 1.24 bits per heavy atom. The zero-order valence-corrected chi connectivity index (χ0v) is 11.9.